The minimum atomic E-state index is -0.744. The Labute approximate surface area is 186 Å². The maximum atomic E-state index is 13.0. The average molecular weight is 440 g/mol. The summed E-state index contributed by atoms with van der Waals surface area (Å²) in [4.78, 5) is 37.2. The van der Waals surface area contributed by atoms with Gasteiger partial charge < -0.3 is 0 Å². The number of nitriles is 1. The van der Waals surface area contributed by atoms with Crippen molar-refractivity contribution >= 4 is 33.3 Å². The molecule has 0 saturated carbocycles. The molecule has 5 aromatic rings. The molecule has 0 radical (unpaired) electrons. The molecule has 0 unspecified atom stereocenters. The van der Waals surface area contributed by atoms with Crippen molar-refractivity contribution in [2.75, 3.05) is 0 Å². The molecule has 5 rings (SSSR count). The van der Waals surface area contributed by atoms with Gasteiger partial charge in [0.1, 0.15) is 5.52 Å². The minimum Gasteiger partial charge on any atom is -0.273 e. The third-order valence-corrected chi connectivity index (χ3v) is 6.18. The SMILES string of the molecule is CC(C)(C#N)c1cccc(-n2c(=O)[nH]c(=O)c3cnc4ccc(-c5ccsc5)nc4c32)c1. The Morgan fingerprint density at radius 2 is 2.00 bits per heavy atom. The summed E-state index contributed by atoms with van der Waals surface area (Å²) in [5.41, 5.74) is 2.54. The molecule has 0 saturated heterocycles. The van der Waals surface area contributed by atoms with E-state index in [1.807, 2.05) is 48.9 Å². The van der Waals surface area contributed by atoms with E-state index in [-0.39, 0.29) is 5.39 Å². The zero-order chi connectivity index (χ0) is 22.5. The van der Waals surface area contributed by atoms with Crippen molar-refractivity contribution in [1.82, 2.24) is 19.5 Å². The van der Waals surface area contributed by atoms with Crippen LogP contribution in [0.4, 0.5) is 0 Å². The van der Waals surface area contributed by atoms with Crippen LogP contribution in [0.1, 0.15) is 19.4 Å². The van der Waals surface area contributed by atoms with Gasteiger partial charge in [0.2, 0.25) is 0 Å². The number of hydrogen-bond donors (Lipinski definition) is 1. The Bertz CT molecular complexity index is 1660. The van der Waals surface area contributed by atoms with Gasteiger partial charge >= 0.3 is 5.69 Å². The fourth-order valence-corrected chi connectivity index (χ4v) is 4.33. The fourth-order valence-electron chi connectivity index (χ4n) is 3.68. The van der Waals surface area contributed by atoms with Crippen molar-refractivity contribution in [3.63, 3.8) is 0 Å². The Morgan fingerprint density at radius 1 is 1.16 bits per heavy atom. The molecule has 4 aromatic heterocycles. The Kier molecular flexibility index (Phi) is 4.50. The molecule has 1 aromatic carbocycles. The van der Waals surface area contributed by atoms with Crippen LogP contribution in [0.25, 0.3) is 38.9 Å². The highest BCUT2D eigenvalue weighted by Crippen LogP contribution is 2.28. The number of benzene rings is 1. The molecule has 0 fully saturated rings. The summed E-state index contributed by atoms with van der Waals surface area (Å²) < 4.78 is 1.43. The first kappa shape index (κ1) is 19.8. The van der Waals surface area contributed by atoms with Crippen molar-refractivity contribution < 1.29 is 0 Å². The van der Waals surface area contributed by atoms with Crippen LogP contribution in [0.2, 0.25) is 0 Å². The van der Waals surface area contributed by atoms with Crippen LogP contribution >= 0.6 is 11.3 Å². The molecule has 0 bridgehead atoms. The van der Waals surface area contributed by atoms with E-state index in [2.05, 4.69) is 16.0 Å². The number of aromatic amines is 1. The normalized spacial score (nSPS) is 11.7. The van der Waals surface area contributed by atoms with Crippen LogP contribution in [0.5, 0.6) is 0 Å². The van der Waals surface area contributed by atoms with Crippen LogP contribution in [-0.2, 0) is 5.41 Å². The molecule has 1 N–H and O–H groups in total. The molecule has 0 aliphatic rings. The van der Waals surface area contributed by atoms with Crippen molar-refractivity contribution in [1.29, 1.82) is 5.26 Å². The van der Waals surface area contributed by atoms with Gasteiger partial charge in [-0.2, -0.15) is 16.6 Å². The van der Waals surface area contributed by atoms with Crippen molar-refractivity contribution in [2.45, 2.75) is 19.3 Å². The summed E-state index contributed by atoms with van der Waals surface area (Å²) in [7, 11) is 0. The number of thiophene rings is 1. The molecule has 0 amide bonds. The van der Waals surface area contributed by atoms with Crippen LogP contribution in [-0.4, -0.2) is 19.5 Å². The molecule has 0 atom stereocenters. The van der Waals surface area contributed by atoms with E-state index in [0.29, 0.717) is 22.2 Å². The second kappa shape index (κ2) is 7.25. The summed E-state index contributed by atoms with van der Waals surface area (Å²) in [5.74, 6) is 0. The molecule has 7 nitrogen and oxygen atoms in total. The number of hydrogen-bond acceptors (Lipinski definition) is 6. The van der Waals surface area contributed by atoms with Crippen molar-refractivity contribution in [3.8, 4) is 23.0 Å². The zero-order valence-electron chi connectivity index (χ0n) is 17.3. The average Bonchev–Trinajstić information content (AvgIpc) is 3.34. The molecule has 8 heteroatoms. The van der Waals surface area contributed by atoms with Gasteiger partial charge in [0, 0.05) is 17.1 Å². The van der Waals surface area contributed by atoms with E-state index in [9.17, 15) is 14.9 Å². The summed E-state index contributed by atoms with van der Waals surface area (Å²) in [5, 5.41) is 13.8. The topological polar surface area (TPSA) is 104 Å². The molecule has 0 aliphatic heterocycles. The van der Waals surface area contributed by atoms with E-state index in [1.54, 1.807) is 29.5 Å². The number of nitrogens with zero attached hydrogens (tertiary/aromatic N) is 4. The van der Waals surface area contributed by atoms with E-state index in [0.717, 1.165) is 16.8 Å². The van der Waals surface area contributed by atoms with Crippen molar-refractivity contribution in [3.05, 3.63) is 85.8 Å². The van der Waals surface area contributed by atoms with E-state index in [4.69, 9.17) is 4.98 Å². The van der Waals surface area contributed by atoms with Crippen molar-refractivity contribution in [2.24, 2.45) is 0 Å². The van der Waals surface area contributed by atoms with Gasteiger partial charge in [0.05, 0.1) is 39.3 Å². The molecule has 0 spiro atoms. The highest BCUT2D eigenvalue weighted by molar-refractivity contribution is 7.08. The lowest BCUT2D eigenvalue weighted by molar-refractivity contribution is 0.686. The zero-order valence-corrected chi connectivity index (χ0v) is 18.1. The third-order valence-electron chi connectivity index (χ3n) is 5.50. The quantitative estimate of drug-likeness (QED) is 0.425. The van der Waals surface area contributed by atoms with Gasteiger partial charge in [-0.3, -0.25) is 19.3 Å². The Morgan fingerprint density at radius 3 is 2.75 bits per heavy atom. The van der Waals surface area contributed by atoms with Gasteiger partial charge in [0.15, 0.2) is 0 Å². The lowest BCUT2D eigenvalue weighted by Gasteiger charge is -2.18. The molecular formula is C24H17N5O2S. The fraction of sp³-hybridized carbons (Fsp3) is 0.125. The Balaban J connectivity index is 1.91. The maximum absolute atomic E-state index is 13.0. The van der Waals surface area contributed by atoms with E-state index in [1.165, 1.54) is 10.8 Å². The predicted molar refractivity (Wildman–Crippen MR) is 125 cm³/mol. The van der Waals surface area contributed by atoms with Crippen LogP contribution in [0.15, 0.2) is 69.0 Å². The smallest absolute Gasteiger partial charge is 0.273 e. The van der Waals surface area contributed by atoms with Crippen LogP contribution in [0, 0.1) is 11.3 Å². The summed E-state index contributed by atoms with van der Waals surface area (Å²) in [6, 6.07) is 15.1. The number of rotatable bonds is 3. The van der Waals surface area contributed by atoms with E-state index < -0.39 is 16.7 Å². The first-order chi connectivity index (χ1) is 15.4. The standard InChI is InChI=1S/C24H17N5O2S/c1-24(2,13-25)15-4-3-5-16(10-15)29-21-17(22(30)28-23(29)31)11-26-19-7-6-18(27-20(19)21)14-8-9-32-12-14/h3-12H,1-2H3,(H,28,30,31). The molecule has 0 aliphatic carbocycles. The highest BCUT2D eigenvalue weighted by atomic mass is 32.1. The minimum absolute atomic E-state index is 0.261. The predicted octanol–water partition coefficient (Wildman–Crippen LogP) is 4.15. The highest BCUT2D eigenvalue weighted by Gasteiger charge is 2.21. The number of nitrogens with one attached hydrogen (secondary N) is 1. The van der Waals surface area contributed by atoms with Gasteiger partial charge in [-0.1, -0.05) is 12.1 Å². The van der Waals surface area contributed by atoms with Gasteiger partial charge in [-0.15, -0.1) is 0 Å². The largest absolute Gasteiger partial charge is 0.333 e. The number of H-pyrrole nitrogens is 1. The monoisotopic (exact) mass is 439 g/mol. The molecule has 4 heterocycles. The third kappa shape index (κ3) is 3.11. The summed E-state index contributed by atoms with van der Waals surface area (Å²) in [6.45, 7) is 3.63. The van der Waals surface area contributed by atoms with Crippen LogP contribution in [0.3, 0.4) is 0 Å². The molecule has 32 heavy (non-hydrogen) atoms. The van der Waals surface area contributed by atoms with Gasteiger partial charge in [-0.05, 0) is 55.1 Å². The lowest BCUT2D eigenvalue weighted by Crippen LogP contribution is -2.30. The van der Waals surface area contributed by atoms with E-state index >= 15 is 0 Å². The number of pyridine rings is 2. The first-order valence-electron chi connectivity index (χ1n) is 9.88. The molecular weight excluding hydrogens is 422 g/mol. The Hall–Kier alpha value is -4.09. The van der Waals surface area contributed by atoms with Gasteiger partial charge in [0.25, 0.3) is 5.56 Å². The number of aromatic nitrogens is 4. The maximum Gasteiger partial charge on any atom is 0.333 e. The number of fused-ring (bicyclic) bond motifs is 3. The molecule has 156 valence electrons. The second-order valence-electron chi connectivity index (χ2n) is 7.98. The summed E-state index contributed by atoms with van der Waals surface area (Å²) in [6.07, 6.45) is 1.46. The lowest BCUT2D eigenvalue weighted by atomic mass is 9.86. The first-order valence-corrected chi connectivity index (χ1v) is 10.8. The second-order valence-corrected chi connectivity index (χ2v) is 8.76. The van der Waals surface area contributed by atoms with Gasteiger partial charge in [-0.25, -0.2) is 9.78 Å². The van der Waals surface area contributed by atoms with Crippen LogP contribution < -0.4 is 11.2 Å². The summed E-state index contributed by atoms with van der Waals surface area (Å²) >= 11 is 1.56.